The van der Waals surface area contributed by atoms with Crippen LogP contribution in [0, 0.1) is 0 Å². The maximum absolute atomic E-state index is 12.0. The lowest BCUT2D eigenvalue weighted by Crippen LogP contribution is -2.43. The quantitative estimate of drug-likeness (QED) is 0.567. The molecule has 1 aromatic heterocycles. The number of aromatic nitrogens is 1. The molecule has 0 saturated carbocycles. The number of amides is 1. The van der Waals surface area contributed by atoms with Crippen LogP contribution >= 0.6 is 11.6 Å². The number of halogens is 1. The normalized spacial score (nSPS) is 11.3. The number of nitrogens with zero attached hydrogens (tertiary/aromatic N) is 4. The molecule has 0 aliphatic heterocycles. The number of carbonyl (C=O) groups excluding carboxylic acids is 1. The van der Waals surface area contributed by atoms with Crippen LogP contribution in [0.25, 0.3) is 0 Å². The fourth-order valence-electron chi connectivity index (χ4n) is 2.56. The number of carbonyl (C=O) groups is 1. The van der Waals surface area contributed by atoms with E-state index in [-0.39, 0.29) is 12.5 Å². The van der Waals surface area contributed by atoms with Gasteiger partial charge in [0.2, 0.25) is 5.91 Å². The molecule has 8 heteroatoms. The second-order valence-electron chi connectivity index (χ2n) is 6.75. The molecule has 0 atom stereocenters. The Bertz CT molecular complexity index is 815. The molecule has 0 radical (unpaired) electrons. The van der Waals surface area contributed by atoms with Crippen LogP contribution < -0.4 is 10.1 Å². The highest BCUT2D eigenvalue weighted by Gasteiger charge is 2.12. The van der Waals surface area contributed by atoms with Gasteiger partial charge in [0.1, 0.15) is 5.75 Å². The van der Waals surface area contributed by atoms with Crippen molar-refractivity contribution < 1.29 is 9.53 Å². The number of likely N-dealkylation sites (N-methyl/N-ethyl adjacent to an activating group) is 1. The zero-order valence-electron chi connectivity index (χ0n) is 17.1. The highest BCUT2D eigenvalue weighted by Crippen LogP contribution is 2.15. The van der Waals surface area contributed by atoms with Gasteiger partial charge in [0, 0.05) is 40.1 Å². The number of nitrogens with one attached hydrogen (secondary N) is 1. The van der Waals surface area contributed by atoms with Gasteiger partial charge in [-0.25, -0.2) is 4.99 Å². The second-order valence-corrected chi connectivity index (χ2v) is 7.18. The second kappa shape index (κ2) is 10.0. The topological polar surface area (TPSA) is 62.1 Å². The Balaban J connectivity index is 2.14. The number of ether oxygens (including phenoxy) is 1. The predicted molar refractivity (Wildman–Crippen MR) is 113 cm³/mol. The van der Waals surface area contributed by atoms with Crippen LogP contribution in [0.15, 0.2) is 41.5 Å². The molecule has 1 aromatic carbocycles. The molecule has 152 valence electrons. The molecular formula is C20H28ClN5O2. The SMILES string of the molecule is COc1ccc(CN=C(NCC(=O)N(C)C)N(C)Cc2cc(Cl)cn2C)cc1. The molecule has 1 N–H and O–H groups in total. The Kier molecular flexibility index (Phi) is 7.75. The molecule has 0 saturated heterocycles. The molecule has 0 aliphatic rings. The van der Waals surface area contributed by atoms with Gasteiger partial charge >= 0.3 is 0 Å². The van der Waals surface area contributed by atoms with Crippen molar-refractivity contribution in [2.75, 3.05) is 34.8 Å². The third kappa shape index (κ3) is 6.20. The summed E-state index contributed by atoms with van der Waals surface area (Å²) >= 11 is 6.09. The van der Waals surface area contributed by atoms with Gasteiger partial charge in [-0.05, 0) is 23.8 Å². The predicted octanol–water partition coefficient (Wildman–Crippen LogP) is 2.35. The summed E-state index contributed by atoms with van der Waals surface area (Å²) in [6.07, 6.45) is 1.86. The third-order valence-electron chi connectivity index (χ3n) is 4.30. The van der Waals surface area contributed by atoms with E-state index in [4.69, 9.17) is 21.3 Å². The molecule has 28 heavy (non-hydrogen) atoms. The van der Waals surface area contributed by atoms with Gasteiger partial charge in [-0.3, -0.25) is 4.79 Å². The summed E-state index contributed by atoms with van der Waals surface area (Å²) in [5, 5.41) is 3.85. The Morgan fingerprint density at radius 1 is 1.25 bits per heavy atom. The smallest absolute Gasteiger partial charge is 0.241 e. The van der Waals surface area contributed by atoms with Crippen LogP contribution in [0.1, 0.15) is 11.3 Å². The average molecular weight is 406 g/mol. The van der Waals surface area contributed by atoms with E-state index in [1.807, 2.05) is 60.1 Å². The Morgan fingerprint density at radius 2 is 1.93 bits per heavy atom. The largest absolute Gasteiger partial charge is 0.497 e. The van der Waals surface area contributed by atoms with Crippen LogP contribution in [0.3, 0.4) is 0 Å². The lowest BCUT2D eigenvalue weighted by molar-refractivity contribution is -0.127. The van der Waals surface area contributed by atoms with Crippen LogP contribution in [0.2, 0.25) is 5.02 Å². The first-order valence-electron chi connectivity index (χ1n) is 8.93. The van der Waals surface area contributed by atoms with Gasteiger partial charge in [0.05, 0.1) is 31.8 Å². The first-order chi connectivity index (χ1) is 13.3. The molecule has 0 aliphatic carbocycles. The number of aryl methyl sites for hydroxylation is 1. The number of methoxy groups -OCH3 is 1. The summed E-state index contributed by atoms with van der Waals surface area (Å²) in [5.74, 6) is 1.43. The van der Waals surface area contributed by atoms with E-state index in [0.29, 0.717) is 24.1 Å². The van der Waals surface area contributed by atoms with E-state index in [1.165, 1.54) is 0 Å². The van der Waals surface area contributed by atoms with E-state index in [1.54, 1.807) is 26.1 Å². The van der Waals surface area contributed by atoms with E-state index < -0.39 is 0 Å². The number of hydrogen-bond donors (Lipinski definition) is 1. The first-order valence-corrected chi connectivity index (χ1v) is 9.31. The zero-order valence-corrected chi connectivity index (χ0v) is 17.8. The lowest BCUT2D eigenvalue weighted by Gasteiger charge is -2.23. The standard InChI is InChI=1S/C20H28ClN5O2/c1-24(2)19(27)12-23-20(22-11-15-6-8-18(28-5)9-7-15)26(4)14-17-10-16(21)13-25(17)3/h6-10,13H,11-12,14H2,1-5H3,(H,22,23). The van der Waals surface area contributed by atoms with Crippen molar-refractivity contribution in [1.29, 1.82) is 0 Å². The van der Waals surface area contributed by atoms with Gasteiger partial charge in [-0.15, -0.1) is 0 Å². The molecule has 0 fully saturated rings. The van der Waals surface area contributed by atoms with Crippen LogP contribution in [-0.2, 0) is 24.9 Å². The molecule has 0 unspecified atom stereocenters. The molecule has 1 amide bonds. The van der Waals surface area contributed by atoms with E-state index in [9.17, 15) is 4.79 Å². The maximum atomic E-state index is 12.0. The van der Waals surface area contributed by atoms with Crippen LogP contribution in [0.4, 0.5) is 0 Å². The summed E-state index contributed by atoms with van der Waals surface area (Å²) in [5.41, 5.74) is 2.10. The van der Waals surface area contributed by atoms with Crippen LogP contribution in [0.5, 0.6) is 5.75 Å². The third-order valence-corrected chi connectivity index (χ3v) is 4.51. The van der Waals surface area contributed by atoms with Gasteiger partial charge in [-0.1, -0.05) is 23.7 Å². The fraction of sp³-hybridized carbons (Fsp3) is 0.400. The monoisotopic (exact) mass is 405 g/mol. The zero-order chi connectivity index (χ0) is 20.7. The van der Waals surface area contributed by atoms with Crippen molar-refractivity contribution in [3.05, 3.63) is 52.8 Å². The fourth-order valence-corrected chi connectivity index (χ4v) is 2.84. The molecule has 0 bridgehead atoms. The average Bonchev–Trinajstić information content (AvgIpc) is 2.98. The summed E-state index contributed by atoms with van der Waals surface area (Å²) < 4.78 is 7.17. The minimum atomic E-state index is -0.0209. The summed E-state index contributed by atoms with van der Waals surface area (Å²) in [6, 6.07) is 9.68. The van der Waals surface area contributed by atoms with Gasteiger partial charge in [0.15, 0.2) is 5.96 Å². The highest BCUT2D eigenvalue weighted by atomic mass is 35.5. The number of aliphatic imine (C=N–C) groups is 1. The maximum Gasteiger partial charge on any atom is 0.241 e. The molecule has 0 spiro atoms. The van der Waals surface area contributed by atoms with Gasteiger partial charge < -0.3 is 24.4 Å². The van der Waals surface area contributed by atoms with E-state index in [2.05, 4.69) is 5.32 Å². The molecule has 7 nitrogen and oxygen atoms in total. The van der Waals surface area contributed by atoms with E-state index in [0.717, 1.165) is 17.0 Å². The van der Waals surface area contributed by atoms with Crippen molar-refractivity contribution in [3.8, 4) is 5.75 Å². The number of rotatable bonds is 7. The van der Waals surface area contributed by atoms with E-state index >= 15 is 0 Å². The Hall–Kier alpha value is -2.67. The van der Waals surface area contributed by atoms with Crippen molar-refractivity contribution in [1.82, 2.24) is 19.7 Å². The molecular weight excluding hydrogens is 378 g/mol. The first kappa shape index (κ1) is 21.6. The Labute approximate surface area is 171 Å². The summed E-state index contributed by atoms with van der Waals surface area (Å²) in [4.78, 5) is 20.2. The number of guanidine groups is 1. The number of benzene rings is 1. The highest BCUT2D eigenvalue weighted by molar-refractivity contribution is 6.30. The van der Waals surface area contributed by atoms with Crippen molar-refractivity contribution in [2.45, 2.75) is 13.1 Å². The minimum absolute atomic E-state index is 0.0209. The van der Waals surface area contributed by atoms with Crippen molar-refractivity contribution >= 4 is 23.5 Å². The minimum Gasteiger partial charge on any atom is -0.497 e. The van der Waals surface area contributed by atoms with Crippen molar-refractivity contribution in [3.63, 3.8) is 0 Å². The van der Waals surface area contributed by atoms with Gasteiger partial charge in [-0.2, -0.15) is 0 Å². The molecule has 1 heterocycles. The number of hydrogen-bond acceptors (Lipinski definition) is 3. The summed E-state index contributed by atoms with van der Waals surface area (Å²) in [6.45, 7) is 1.27. The summed E-state index contributed by atoms with van der Waals surface area (Å²) in [7, 11) is 8.98. The van der Waals surface area contributed by atoms with Crippen LogP contribution in [-0.4, -0.2) is 61.0 Å². The lowest BCUT2D eigenvalue weighted by atomic mass is 10.2. The van der Waals surface area contributed by atoms with Crippen molar-refractivity contribution in [2.24, 2.45) is 12.0 Å². The van der Waals surface area contributed by atoms with Gasteiger partial charge in [0.25, 0.3) is 0 Å². The molecule has 2 aromatic rings. The molecule has 2 rings (SSSR count). The Morgan fingerprint density at radius 3 is 2.46 bits per heavy atom.